The first kappa shape index (κ1) is 15.9. The molecule has 3 nitrogen and oxygen atoms in total. The average Bonchev–Trinajstić information content (AvgIpc) is 2.42. The molecule has 116 valence electrons. The van der Waals surface area contributed by atoms with Crippen LogP contribution in [0.4, 0.5) is 5.69 Å². The smallest absolute Gasteiger partial charge is 0.227 e. The maximum atomic E-state index is 12.3. The molecule has 21 heavy (non-hydrogen) atoms. The fourth-order valence-electron chi connectivity index (χ4n) is 3.20. The third kappa shape index (κ3) is 3.99. The minimum Gasteiger partial charge on any atom is -0.508 e. The molecule has 1 aromatic carbocycles. The molecule has 0 radical (unpaired) electrons. The van der Waals surface area contributed by atoms with E-state index < -0.39 is 0 Å². The number of rotatable bonds is 2. The molecule has 1 aliphatic rings. The molecule has 2 rings (SSSR count). The van der Waals surface area contributed by atoms with Gasteiger partial charge in [-0.3, -0.25) is 4.79 Å². The lowest BCUT2D eigenvalue weighted by molar-refractivity contribution is -0.121. The molecule has 0 aromatic heterocycles. The van der Waals surface area contributed by atoms with E-state index in [1.807, 2.05) is 13.0 Å². The summed E-state index contributed by atoms with van der Waals surface area (Å²) < 4.78 is 0. The molecular formula is C18H27NO2. The van der Waals surface area contributed by atoms with Crippen LogP contribution in [0.25, 0.3) is 0 Å². The zero-order chi connectivity index (χ0) is 15.6. The molecule has 0 spiro atoms. The number of phenolic OH excluding ortho intramolecular Hbond substituents is 1. The number of carbonyl (C=O) groups excluding carboxylic acids is 1. The van der Waals surface area contributed by atoms with Crippen LogP contribution in [-0.4, -0.2) is 11.0 Å². The number of carbonyl (C=O) groups is 1. The van der Waals surface area contributed by atoms with Gasteiger partial charge in [-0.1, -0.05) is 20.8 Å². The molecular weight excluding hydrogens is 262 g/mol. The summed E-state index contributed by atoms with van der Waals surface area (Å²) >= 11 is 0. The van der Waals surface area contributed by atoms with Crippen molar-refractivity contribution in [2.24, 2.45) is 17.3 Å². The Kier molecular flexibility index (Phi) is 4.60. The lowest BCUT2D eigenvalue weighted by Crippen LogP contribution is -2.31. The molecule has 1 amide bonds. The Balaban J connectivity index is 1.92. The van der Waals surface area contributed by atoms with E-state index in [-0.39, 0.29) is 17.6 Å². The third-order valence-electron chi connectivity index (χ3n) is 4.79. The Hall–Kier alpha value is -1.51. The largest absolute Gasteiger partial charge is 0.508 e. The molecule has 0 heterocycles. The van der Waals surface area contributed by atoms with Crippen molar-refractivity contribution < 1.29 is 9.90 Å². The van der Waals surface area contributed by atoms with Gasteiger partial charge in [0.1, 0.15) is 5.75 Å². The minimum atomic E-state index is 0.118. The van der Waals surface area contributed by atoms with E-state index in [2.05, 4.69) is 26.1 Å². The summed E-state index contributed by atoms with van der Waals surface area (Å²) in [5, 5.41) is 12.5. The minimum absolute atomic E-state index is 0.118. The van der Waals surface area contributed by atoms with Crippen molar-refractivity contribution in [2.75, 3.05) is 5.32 Å². The van der Waals surface area contributed by atoms with Crippen molar-refractivity contribution in [1.29, 1.82) is 0 Å². The predicted octanol–water partition coefficient (Wildman–Crippen LogP) is 4.49. The molecule has 0 atom stereocenters. The normalized spacial score (nSPS) is 22.9. The van der Waals surface area contributed by atoms with Gasteiger partial charge in [-0.05, 0) is 67.7 Å². The highest BCUT2D eigenvalue weighted by Crippen LogP contribution is 2.40. The fraction of sp³-hybridized carbons (Fsp3) is 0.611. The predicted molar refractivity (Wildman–Crippen MR) is 86.4 cm³/mol. The summed E-state index contributed by atoms with van der Waals surface area (Å²) in [6, 6.07) is 5.19. The number of anilines is 1. The van der Waals surface area contributed by atoms with E-state index in [1.165, 1.54) is 0 Å². The van der Waals surface area contributed by atoms with Gasteiger partial charge in [-0.15, -0.1) is 0 Å². The molecule has 1 aliphatic carbocycles. The average molecular weight is 289 g/mol. The second-order valence-electron chi connectivity index (χ2n) is 7.41. The van der Waals surface area contributed by atoms with E-state index in [4.69, 9.17) is 0 Å². The molecule has 0 aliphatic heterocycles. The van der Waals surface area contributed by atoms with Crippen molar-refractivity contribution >= 4 is 11.6 Å². The Morgan fingerprint density at radius 1 is 1.19 bits per heavy atom. The van der Waals surface area contributed by atoms with E-state index in [0.717, 1.165) is 42.9 Å². The van der Waals surface area contributed by atoms with Gasteiger partial charge in [-0.25, -0.2) is 0 Å². The molecule has 3 heteroatoms. The second kappa shape index (κ2) is 6.08. The number of aryl methyl sites for hydroxylation is 1. The zero-order valence-electron chi connectivity index (χ0n) is 13.6. The number of aromatic hydroxyl groups is 1. The van der Waals surface area contributed by atoms with Crippen LogP contribution >= 0.6 is 0 Å². The van der Waals surface area contributed by atoms with Crippen LogP contribution in [0, 0.1) is 24.2 Å². The highest BCUT2D eigenvalue weighted by Gasteiger charge is 2.32. The topological polar surface area (TPSA) is 49.3 Å². The molecule has 0 unspecified atom stereocenters. The van der Waals surface area contributed by atoms with Crippen molar-refractivity contribution in [3.8, 4) is 5.75 Å². The lowest BCUT2D eigenvalue weighted by atomic mass is 9.69. The van der Waals surface area contributed by atoms with Gasteiger partial charge in [0, 0.05) is 11.6 Å². The van der Waals surface area contributed by atoms with Gasteiger partial charge in [0.2, 0.25) is 5.91 Å². The van der Waals surface area contributed by atoms with Crippen LogP contribution in [0.1, 0.15) is 52.0 Å². The number of benzene rings is 1. The van der Waals surface area contributed by atoms with E-state index in [1.54, 1.807) is 12.1 Å². The van der Waals surface area contributed by atoms with Crippen LogP contribution in [0.2, 0.25) is 0 Å². The van der Waals surface area contributed by atoms with Crippen molar-refractivity contribution in [3.05, 3.63) is 23.8 Å². The number of phenols is 1. The van der Waals surface area contributed by atoms with Gasteiger partial charge in [0.25, 0.3) is 0 Å². The van der Waals surface area contributed by atoms with E-state index >= 15 is 0 Å². The number of hydrogen-bond donors (Lipinski definition) is 2. The quantitative estimate of drug-likeness (QED) is 0.788. The first-order chi connectivity index (χ1) is 9.77. The zero-order valence-corrected chi connectivity index (χ0v) is 13.6. The van der Waals surface area contributed by atoms with Crippen molar-refractivity contribution in [3.63, 3.8) is 0 Å². The number of nitrogens with one attached hydrogen (secondary N) is 1. The van der Waals surface area contributed by atoms with E-state index in [0.29, 0.717) is 5.41 Å². The number of amides is 1. The SMILES string of the molecule is Cc1cc(NC(=O)C2CCC(C(C)(C)C)CC2)ccc1O. The molecule has 2 N–H and O–H groups in total. The van der Waals surface area contributed by atoms with Crippen molar-refractivity contribution in [2.45, 2.75) is 53.4 Å². The van der Waals surface area contributed by atoms with Crippen LogP contribution in [0.3, 0.4) is 0 Å². The van der Waals surface area contributed by atoms with E-state index in [9.17, 15) is 9.90 Å². The number of hydrogen-bond acceptors (Lipinski definition) is 2. The van der Waals surface area contributed by atoms with Crippen molar-refractivity contribution in [1.82, 2.24) is 0 Å². The highest BCUT2D eigenvalue weighted by atomic mass is 16.3. The summed E-state index contributed by atoms with van der Waals surface area (Å²) in [7, 11) is 0. The Morgan fingerprint density at radius 3 is 2.33 bits per heavy atom. The van der Waals surface area contributed by atoms with Gasteiger partial charge in [-0.2, -0.15) is 0 Å². The first-order valence-corrected chi connectivity index (χ1v) is 7.88. The molecule has 1 aromatic rings. The fourth-order valence-corrected chi connectivity index (χ4v) is 3.20. The second-order valence-corrected chi connectivity index (χ2v) is 7.41. The van der Waals surface area contributed by atoms with Crippen LogP contribution in [0.15, 0.2) is 18.2 Å². The lowest BCUT2D eigenvalue weighted by Gasteiger charge is -2.36. The summed E-state index contributed by atoms with van der Waals surface area (Å²) in [4.78, 5) is 12.3. The van der Waals surface area contributed by atoms with Crippen LogP contribution in [0.5, 0.6) is 5.75 Å². The molecule has 1 fully saturated rings. The summed E-state index contributed by atoms with van der Waals surface area (Å²) in [6.07, 6.45) is 4.22. The Labute approximate surface area is 127 Å². The monoisotopic (exact) mass is 289 g/mol. The maximum absolute atomic E-state index is 12.3. The third-order valence-corrected chi connectivity index (χ3v) is 4.79. The molecule has 1 saturated carbocycles. The van der Waals surface area contributed by atoms with Gasteiger partial charge in [0.15, 0.2) is 0 Å². The Morgan fingerprint density at radius 2 is 1.81 bits per heavy atom. The summed E-state index contributed by atoms with van der Waals surface area (Å²) in [5.74, 6) is 1.22. The molecule has 0 saturated heterocycles. The van der Waals surface area contributed by atoms with Gasteiger partial charge in [0.05, 0.1) is 0 Å². The van der Waals surface area contributed by atoms with Gasteiger partial charge < -0.3 is 10.4 Å². The molecule has 0 bridgehead atoms. The standard InChI is InChI=1S/C18H27NO2/c1-12-11-15(9-10-16(12)20)19-17(21)13-5-7-14(8-6-13)18(2,3)4/h9-11,13-14,20H,5-8H2,1-4H3,(H,19,21). The summed E-state index contributed by atoms with van der Waals surface area (Å²) in [5.41, 5.74) is 1.90. The first-order valence-electron chi connectivity index (χ1n) is 7.88. The maximum Gasteiger partial charge on any atom is 0.227 e. The highest BCUT2D eigenvalue weighted by molar-refractivity contribution is 5.92. The van der Waals surface area contributed by atoms with Crippen LogP contribution in [-0.2, 0) is 4.79 Å². The van der Waals surface area contributed by atoms with Gasteiger partial charge >= 0.3 is 0 Å². The van der Waals surface area contributed by atoms with Crippen LogP contribution < -0.4 is 5.32 Å². The Bertz CT molecular complexity index is 508. The summed E-state index contributed by atoms with van der Waals surface area (Å²) in [6.45, 7) is 8.70.